The van der Waals surface area contributed by atoms with Crippen LogP contribution in [0.4, 0.5) is 0 Å². The molecule has 2 N–H and O–H groups in total. The van der Waals surface area contributed by atoms with Crippen LogP contribution in [0.2, 0.25) is 0 Å². The standard InChI is InChI=1S/C9H14N2O6/c1-16-8(14)3-6(12)10-5-11-7(13)4-9(15)17-2/h3-5H2,1-2H3,(H,10,12)(H,11,13). The average Bonchev–Trinajstić information content (AvgIpc) is 2.28. The lowest BCUT2D eigenvalue weighted by Gasteiger charge is -2.06. The highest BCUT2D eigenvalue weighted by Crippen LogP contribution is 1.84. The van der Waals surface area contributed by atoms with Crippen LogP contribution in [0.15, 0.2) is 0 Å². The molecule has 0 unspecified atom stereocenters. The van der Waals surface area contributed by atoms with Gasteiger partial charge in [-0.3, -0.25) is 19.2 Å². The Kier molecular flexibility index (Phi) is 7.07. The van der Waals surface area contributed by atoms with Gasteiger partial charge in [-0.15, -0.1) is 0 Å². The van der Waals surface area contributed by atoms with E-state index < -0.39 is 36.6 Å². The number of esters is 2. The zero-order chi connectivity index (χ0) is 13.3. The molecule has 0 aliphatic heterocycles. The van der Waals surface area contributed by atoms with Crippen molar-refractivity contribution in [3.63, 3.8) is 0 Å². The Morgan fingerprint density at radius 2 is 1.18 bits per heavy atom. The molecule has 0 heterocycles. The van der Waals surface area contributed by atoms with Gasteiger partial charge in [-0.1, -0.05) is 0 Å². The number of nitrogens with one attached hydrogen (secondary N) is 2. The maximum atomic E-state index is 11.0. The lowest BCUT2D eigenvalue weighted by atomic mass is 10.4. The molecule has 0 saturated heterocycles. The molecular formula is C9H14N2O6. The van der Waals surface area contributed by atoms with Crippen molar-refractivity contribution >= 4 is 23.8 Å². The minimum absolute atomic E-state index is 0.175. The molecule has 0 aliphatic rings. The van der Waals surface area contributed by atoms with Crippen molar-refractivity contribution in [2.45, 2.75) is 12.8 Å². The Balaban J connectivity index is 3.69. The topological polar surface area (TPSA) is 111 Å². The fourth-order valence-electron chi connectivity index (χ4n) is 0.773. The molecule has 0 aromatic rings. The molecule has 8 heteroatoms. The van der Waals surface area contributed by atoms with E-state index in [0.717, 1.165) is 14.2 Å². The van der Waals surface area contributed by atoms with Gasteiger partial charge in [0, 0.05) is 0 Å². The van der Waals surface area contributed by atoms with E-state index in [9.17, 15) is 19.2 Å². The molecule has 0 fully saturated rings. The van der Waals surface area contributed by atoms with Crippen molar-refractivity contribution in [1.29, 1.82) is 0 Å². The zero-order valence-electron chi connectivity index (χ0n) is 9.57. The predicted octanol–water partition coefficient (Wildman–Crippen LogP) is -1.70. The van der Waals surface area contributed by atoms with Crippen molar-refractivity contribution in [3.8, 4) is 0 Å². The first-order chi connectivity index (χ1) is 7.99. The van der Waals surface area contributed by atoms with Gasteiger partial charge in [-0.05, 0) is 0 Å². The molecule has 0 spiro atoms. The van der Waals surface area contributed by atoms with Crippen molar-refractivity contribution < 1.29 is 28.7 Å². The quantitative estimate of drug-likeness (QED) is 0.328. The van der Waals surface area contributed by atoms with E-state index in [-0.39, 0.29) is 6.67 Å². The van der Waals surface area contributed by atoms with Gasteiger partial charge in [-0.25, -0.2) is 0 Å². The number of rotatable bonds is 6. The van der Waals surface area contributed by atoms with Crippen molar-refractivity contribution in [2.24, 2.45) is 0 Å². The van der Waals surface area contributed by atoms with Crippen LogP contribution >= 0.6 is 0 Å². The Morgan fingerprint density at radius 3 is 1.47 bits per heavy atom. The minimum Gasteiger partial charge on any atom is -0.469 e. The fraction of sp³-hybridized carbons (Fsp3) is 0.556. The third-order valence-corrected chi connectivity index (χ3v) is 1.64. The first kappa shape index (κ1) is 14.9. The monoisotopic (exact) mass is 246 g/mol. The fourth-order valence-corrected chi connectivity index (χ4v) is 0.773. The van der Waals surface area contributed by atoms with Crippen molar-refractivity contribution in [2.75, 3.05) is 20.9 Å². The maximum Gasteiger partial charge on any atom is 0.315 e. The van der Waals surface area contributed by atoms with Crippen LogP contribution in [0.5, 0.6) is 0 Å². The predicted molar refractivity (Wildman–Crippen MR) is 54.4 cm³/mol. The summed E-state index contributed by atoms with van der Waals surface area (Å²) in [6.45, 7) is -0.175. The highest BCUT2D eigenvalue weighted by atomic mass is 16.5. The number of methoxy groups -OCH3 is 2. The first-order valence-corrected chi connectivity index (χ1v) is 4.66. The summed E-state index contributed by atoms with van der Waals surface area (Å²) in [6.07, 6.45) is -0.854. The van der Waals surface area contributed by atoms with Gasteiger partial charge < -0.3 is 20.1 Å². The van der Waals surface area contributed by atoms with Crippen LogP contribution in [0, 0.1) is 0 Å². The summed E-state index contributed by atoms with van der Waals surface area (Å²) in [4.78, 5) is 43.4. The van der Waals surface area contributed by atoms with Crippen molar-refractivity contribution in [3.05, 3.63) is 0 Å². The number of amides is 2. The van der Waals surface area contributed by atoms with Crippen LogP contribution < -0.4 is 10.6 Å². The van der Waals surface area contributed by atoms with E-state index in [4.69, 9.17) is 0 Å². The molecular weight excluding hydrogens is 232 g/mol. The van der Waals surface area contributed by atoms with Gasteiger partial charge in [0.15, 0.2) is 0 Å². The Hall–Kier alpha value is -2.12. The second-order valence-electron chi connectivity index (χ2n) is 2.88. The zero-order valence-corrected chi connectivity index (χ0v) is 9.57. The van der Waals surface area contributed by atoms with E-state index in [1.807, 2.05) is 0 Å². The normalized spacial score (nSPS) is 9.06. The van der Waals surface area contributed by atoms with Crippen molar-refractivity contribution in [1.82, 2.24) is 10.6 Å². The summed E-state index contributed by atoms with van der Waals surface area (Å²) >= 11 is 0. The van der Waals surface area contributed by atoms with Gasteiger partial charge in [0.2, 0.25) is 11.8 Å². The molecule has 0 atom stereocenters. The molecule has 0 rings (SSSR count). The van der Waals surface area contributed by atoms with Gasteiger partial charge in [0.1, 0.15) is 12.8 Å². The average molecular weight is 246 g/mol. The molecule has 2 amide bonds. The van der Waals surface area contributed by atoms with Gasteiger partial charge in [-0.2, -0.15) is 0 Å². The summed E-state index contributed by atoms with van der Waals surface area (Å²) in [5, 5.41) is 4.49. The van der Waals surface area contributed by atoms with E-state index in [1.54, 1.807) is 0 Å². The third kappa shape index (κ3) is 7.77. The van der Waals surface area contributed by atoms with Crippen LogP contribution in [0.3, 0.4) is 0 Å². The molecule has 0 aliphatic carbocycles. The molecule has 0 saturated carbocycles. The summed E-state index contributed by atoms with van der Waals surface area (Å²) in [6, 6.07) is 0. The molecule has 96 valence electrons. The molecule has 17 heavy (non-hydrogen) atoms. The van der Waals surface area contributed by atoms with Crippen LogP contribution in [0.1, 0.15) is 12.8 Å². The summed E-state index contributed by atoms with van der Waals surface area (Å²) in [5.41, 5.74) is 0. The first-order valence-electron chi connectivity index (χ1n) is 4.66. The Morgan fingerprint density at radius 1 is 0.824 bits per heavy atom. The van der Waals surface area contributed by atoms with E-state index in [0.29, 0.717) is 0 Å². The van der Waals surface area contributed by atoms with Gasteiger partial charge >= 0.3 is 11.9 Å². The number of carbonyl (C=O) groups is 4. The number of hydrogen-bond acceptors (Lipinski definition) is 6. The Labute approximate surface area is 97.6 Å². The highest BCUT2D eigenvalue weighted by Gasteiger charge is 2.11. The summed E-state index contributed by atoms with van der Waals surface area (Å²) in [5.74, 6) is -2.53. The lowest BCUT2D eigenvalue weighted by Crippen LogP contribution is -2.38. The molecule has 0 aromatic heterocycles. The second kappa shape index (κ2) is 8.08. The smallest absolute Gasteiger partial charge is 0.315 e. The SMILES string of the molecule is COC(=O)CC(=O)NCNC(=O)CC(=O)OC. The summed E-state index contributed by atoms with van der Waals surface area (Å²) in [7, 11) is 2.32. The van der Waals surface area contributed by atoms with Crippen LogP contribution in [-0.4, -0.2) is 44.6 Å². The van der Waals surface area contributed by atoms with Gasteiger partial charge in [0.25, 0.3) is 0 Å². The van der Waals surface area contributed by atoms with Crippen LogP contribution in [0.25, 0.3) is 0 Å². The number of carbonyl (C=O) groups excluding carboxylic acids is 4. The second-order valence-corrected chi connectivity index (χ2v) is 2.88. The number of hydrogen-bond donors (Lipinski definition) is 2. The summed E-state index contributed by atoms with van der Waals surface area (Å²) < 4.78 is 8.53. The maximum absolute atomic E-state index is 11.0. The largest absolute Gasteiger partial charge is 0.469 e. The minimum atomic E-state index is -0.677. The third-order valence-electron chi connectivity index (χ3n) is 1.64. The highest BCUT2D eigenvalue weighted by molar-refractivity contribution is 5.95. The van der Waals surface area contributed by atoms with E-state index in [2.05, 4.69) is 20.1 Å². The van der Waals surface area contributed by atoms with Crippen LogP contribution in [-0.2, 0) is 28.7 Å². The number of ether oxygens (including phenoxy) is 2. The lowest BCUT2D eigenvalue weighted by molar-refractivity contribution is -0.144. The molecule has 0 bridgehead atoms. The molecule has 0 aromatic carbocycles. The Bertz CT molecular complexity index is 285. The molecule has 8 nitrogen and oxygen atoms in total. The van der Waals surface area contributed by atoms with Gasteiger partial charge in [0.05, 0.1) is 20.9 Å². The molecule has 0 radical (unpaired) electrons. The van der Waals surface area contributed by atoms with E-state index in [1.165, 1.54) is 0 Å². The van der Waals surface area contributed by atoms with E-state index >= 15 is 0 Å².